The molecule has 0 spiro atoms. The normalized spacial score (nSPS) is 16.1. The minimum Gasteiger partial charge on any atom is -0.380 e. The maximum Gasteiger partial charge on any atom is 0.501 e. The van der Waals surface area contributed by atoms with Crippen LogP contribution in [0.15, 0.2) is 136 Å². The molecule has 0 aromatic heterocycles. The number of sulfonamides is 1. The van der Waals surface area contributed by atoms with Gasteiger partial charge >= 0.3 is 13.3 Å². The second kappa shape index (κ2) is 25.6. The molecule has 2 saturated heterocycles. The topological polar surface area (TPSA) is 170 Å². The number of sulfone groups is 1. The van der Waals surface area contributed by atoms with E-state index in [-0.39, 0.29) is 37.8 Å². The molecule has 1 atom stereocenters. The molecule has 2 fully saturated rings. The van der Waals surface area contributed by atoms with Crippen molar-refractivity contribution in [2.24, 2.45) is 0 Å². The van der Waals surface area contributed by atoms with Crippen LogP contribution in [0, 0.1) is 0 Å². The Bertz CT molecular complexity index is 2890. The summed E-state index contributed by atoms with van der Waals surface area (Å²) in [4.78, 5) is 16.5. The number of carbonyl (C=O) groups is 1. The van der Waals surface area contributed by atoms with Gasteiger partial charge in [0.1, 0.15) is 4.90 Å². The van der Waals surface area contributed by atoms with Crippen LogP contribution in [0.1, 0.15) is 49.0 Å². The first-order valence-corrected chi connectivity index (χ1v) is 29.2. The van der Waals surface area contributed by atoms with Crippen molar-refractivity contribution in [3.63, 3.8) is 0 Å². The van der Waals surface area contributed by atoms with Gasteiger partial charge in [-0.25, -0.2) is 26.1 Å². The average molecular weight is 1130 g/mol. The van der Waals surface area contributed by atoms with E-state index in [1.807, 2.05) is 77.5 Å². The number of phosphoric acid groups is 1. The van der Waals surface area contributed by atoms with Crippen molar-refractivity contribution < 1.29 is 57.7 Å². The fourth-order valence-electron chi connectivity index (χ4n) is 8.70. The van der Waals surface area contributed by atoms with Crippen LogP contribution < -0.4 is 14.9 Å². The molecule has 0 saturated carbocycles. The average Bonchev–Trinajstić information content (AvgIpc) is 3.37. The molecular weight excluding hydrogens is 1070 g/mol. The fourth-order valence-corrected chi connectivity index (χ4v) is 13.4. The van der Waals surface area contributed by atoms with Gasteiger partial charge in [-0.05, 0) is 110 Å². The lowest BCUT2D eigenvalue weighted by molar-refractivity contribution is -0.0436. The van der Waals surface area contributed by atoms with Gasteiger partial charge < -0.3 is 15.0 Å². The van der Waals surface area contributed by atoms with Gasteiger partial charge in [-0.1, -0.05) is 72.3 Å². The number of benzene rings is 5. The molecule has 0 unspecified atom stereocenters. The van der Waals surface area contributed by atoms with Crippen LogP contribution in [0.25, 0.3) is 11.1 Å². The van der Waals surface area contributed by atoms with Gasteiger partial charge in [0.05, 0.1) is 43.6 Å². The summed E-state index contributed by atoms with van der Waals surface area (Å²) in [5, 5.41) is 3.49. The van der Waals surface area contributed by atoms with Crippen molar-refractivity contribution in [3.8, 4) is 11.1 Å². The fraction of sp³-hybridized carbons (Fsp3) is 0.380. The number of anilines is 2. The Balaban J connectivity index is 0.00000869. The SMILES string of the molecule is CCOP(=O)(OCC)OCC1(c2c(Cl)cccc2-c2ccccc2)CCN(c2ccc(C(=O)NS(=O)(=O)c3ccc(N[C@H](CCN4CCOCC4)CSc4ccccc4)c(S(=O)(=O)C(F)(F)F)c3)cc2)CC1.Cl. The number of morpholine rings is 1. The Morgan fingerprint density at radius 3 is 2.08 bits per heavy atom. The number of thioether (sulfide) groups is 1. The standard InChI is InChI=1S/C50H57ClF3N4O10PS3.ClH/c1-3-66-69(60,67-4-2)68-36-49(47-43(16-11-17-44(47)51)37-12-7-5-8-13-37)25-28-58(29-26-49)40-20-18-38(19-21-40)48(59)56-72(63,64)42-22-23-45(46(34-42)71(61,62)50(52,53)54)55-39(24-27-57-30-32-65-33-31-57)35-70-41-14-9-6-10-15-41;/h5-23,34,39,55H,3-4,24-33,35-36H2,1-2H3,(H,56,59);1H/t39-;/m1./s1. The van der Waals surface area contributed by atoms with Crippen LogP contribution in [-0.2, 0) is 48.1 Å². The summed E-state index contributed by atoms with van der Waals surface area (Å²) in [7, 11) is -15.0. The van der Waals surface area contributed by atoms with E-state index in [1.54, 1.807) is 32.0 Å². The number of piperidine rings is 1. The summed E-state index contributed by atoms with van der Waals surface area (Å²) in [6.45, 7) is 7.36. The first kappa shape index (κ1) is 58.1. The van der Waals surface area contributed by atoms with E-state index in [0.29, 0.717) is 87.7 Å². The number of carbonyl (C=O) groups excluding carboxylic acids is 1. The predicted molar refractivity (Wildman–Crippen MR) is 281 cm³/mol. The van der Waals surface area contributed by atoms with Gasteiger partial charge in [-0.2, -0.15) is 13.2 Å². The summed E-state index contributed by atoms with van der Waals surface area (Å²) in [6, 6.07) is 32.6. The quantitative estimate of drug-likeness (QED) is 0.0496. The molecule has 0 aliphatic carbocycles. The number of amides is 1. The van der Waals surface area contributed by atoms with E-state index in [0.717, 1.165) is 33.7 Å². The number of hydrogen-bond donors (Lipinski definition) is 2. The summed E-state index contributed by atoms with van der Waals surface area (Å²) >= 11 is 8.46. The third-order valence-electron chi connectivity index (χ3n) is 12.5. The first-order chi connectivity index (χ1) is 34.4. The van der Waals surface area contributed by atoms with Crippen molar-refractivity contribution >= 4 is 80.7 Å². The number of hydrogen-bond acceptors (Lipinski definition) is 14. The number of halogens is 5. The van der Waals surface area contributed by atoms with E-state index in [4.69, 9.17) is 29.9 Å². The van der Waals surface area contributed by atoms with Crippen LogP contribution in [0.5, 0.6) is 0 Å². The zero-order valence-corrected chi connectivity index (χ0v) is 45.0. The van der Waals surface area contributed by atoms with Crippen LogP contribution in [0.2, 0.25) is 5.02 Å². The smallest absolute Gasteiger partial charge is 0.380 e. The molecule has 5 aromatic carbocycles. The molecule has 2 heterocycles. The van der Waals surface area contributed by atoms with Gasteiger partial charge in [-0.15, -0.1) is 24.2 Å². The second-order valence-corrected chi connectivity index (χ2v) is 23.9. The van der Waals surface area contributed by atoms with E-state index < -0.39 is 66.0 Å². The Kier molecular flexibility index (Phi) is 20.3. The number of ether oxygens (including phenoxy) is 1. The van der Waals surface area contributed by atoms with Gasteiger partial charge in [-0.3, -0.25) is 23.3 Å². The molecule has 23 heteroatoms. The van der Waals surface area contributed by atoms with Crippen molar-refractivity contribution in [2.45, 2.75) is 64.8 Å². The van der Waals surface area contributed by atoms with Gasteiger partial charge in [0.15, 0.2) is 0 Å². The first-order valence-electron chi connectivity index (χ1n) is 23.4. The van der Waals surface area contributed by atoms with Crippen molar-refractivity contribution in [1.82, 2.24) is 9.62 Å². The third-order valence-corrected chi connectivity index (χ3v) is 18.4. The van der Waals surface area contributed by atoms with Gasteiger partial charge in [0.25, 0.3) is 25.8 Å². The number of alkyl halides is 3. The van der Waals surface area contributed by atoms with Gasteiger partial charge in [0.2, 0.25) is 0 Å². The number of nitrogens with zero attached hydrogens (tertiary/aromatic N) is 2. The molecule has 0 radical (unpaired) electrons. The Labute approximate surface area is 440 Å². The number of phosphoric ester groups is 1. The Morgan fingerprint density at radius 2 is 1.47 bits per heavy atom. The molecule has 73 heavy (non-hydrogen) atoms. The molecule has 0 bridgehead atoms. The zero-order chi connectivity index (χ0) is 51.6. The van der Waals surface area contributed by atoms with Crippen LogP contribution >= 0.6 is 43.6 Å². The van der Waals surface area contributed by atoms with Crippen LogP contribution in [-0.4, -0.2) is 111 Å². The zero-order valence-electron chi connectivity index (χ0n) is 40.1. The minimum absolute atomic E-state index is 0. The summed E-state index contributed by atoms with van der Waals surface area (Å²) in [6.07, 6.45) is 1.36. The minimum atomic E-state index is -6.10. The van der Waals surface area contributed by atoms with Crippen LogP contribution in [0.3, 0.4) is 0 Å². The molecule has 1 amide bonds. The third kappa shape index (κ3) is 14.6. The highest BCUT2D eigenvalue weighted by Gasteiger charge is 2.49. The lowest BCUT2D eigenvalue weighted by Crippen LogP contribution is -2.45. The summed E-state index contributed by atoms with van der Waals surface area (Å²) < 4.78 is 135. The lowest BCUT2D eigenvalue weighted by Gasteiger charge is -2.44. The Hall–Kier alpha value is -4.18. The predicted octanol–water partition coefficient (Wildman–Crippen LogP) is 10.9. The highest BCUT2D eigenvalue weighted by molar-refractivity contribution is 7.99. The molecular formula is C50H58Cl2F3N4O10PS3. The van der Waals surface area contributed by atoms with Gasteiger partial charge in [0, 0.05) is 71.1 Å². The van der Waals surface area contributed by atoms with Crippen molar-refractivity contribution in [2.75, 3.05) is 81.7 Å². The maximum atomic E-state index is 14.3. The highest BCUT2D eigenvalue weighted by Crippen LogP contribution is 2.53. The van der Waals surface area contributed by atoms with Crippen LogP contribution in [0.4, 0.5) is 24.5 Å². The van der Waals surface area contributed by atoms with E-state index >= 15 is 0 Å². The monoisotopic (exact) mass is 1130 g/mol. The molecule has 14 nitrogen and oxygen atoms in total. The lowest BCUT2D eigenvalue weighted by atomic mass is 9.70. The Morgan fingerprint density at radius 1 is 0.836 bits per heavy atom. The van der Waals surface area contributed by atoms with E-state index in [2.05, 4.69) is 15.1 Å². The molecule has 396 valence electrons. The van der Waals surface area contributed by atoms with E-state index in [1.165, 1.54) is 23.9 Å². The summed E-state index contributed by atoms with van der Waals surface area (Å²) in [5.74, 6) is -0.755. The second-order valence-electron chi connectivity index (χ2n) is 17.1. The highest BCUT2D eigenvalue weighted by atomic mass is 35.5. The number of nitrogens with one attached hydrogen (secondary N) is 2. The summed E-state index contributed by atoms with van der Waals surface area (Å²) in [5.41, 5.74) is -3.74. The molecule has 2 aliphatic rings. The largest absolute Gasteiger partial charge is 0.501 e. The van der Waals surface area contributed by atoms with Crippen molar-refractivity contribution in [3.05, 3.63) is 137 Å². The van der Waals surface area contributed by atoms with Crippen molar-refractivity contribution in [1.29, 1.82) is 0 Å². The van der Waals surface area contributed by atoms with E-state index in [9.17, 15) is 39.4 Å². The molecule has 5 aromatic rings. The molecule has 2 aliphatic heterocycles. The number of rotatable bonds is 22. The maximum absolute atomic E-state index is 14.3. The molecule has 2 N–H and O–H groups in total. The molecule has 7 rings (SSSR count).